The molecule has 1 aromatic carbocycles. The van der Waals surface area contributed by atoms with Crippen molar-refractivity contribution in [2.75, 3.05) is 3.64 Å². The Balaban J connectivity index is 2.83. The SMILES string of the molecule is C[Si](C)(C)[O][Zn][N](c1ccccc1)C(F)(F)F. The molecule has 0 radical (unpaired) electrons. The van der Waals surface area contributed by atoms with Crippen LogP contribution in [-0.4, -0.2) is 14.6 Å². The topological polar surface area (TPSA) is 12.5 Å². The first-order valence-electron chi connectivity index (χ1n) is 5.23. The van der Waals surface area contributed by atoms with Gasteiger partial charge in [0.05, 0.1) is 0 Å². The molecule has 0 saturated heterocycles. The Labute approximate surface area is 108 Å². The van der Waals surface area contributed by atoms with Gasteiger partial charge in [-0.1, -0.05) is 0 Å². The van der Waals surface area contributed by atoms with Gasteiger partial charge in [0.25, 0.3) is 0 Å². The first-order valence-corrected chi connectivity index (χ1v) is 11.2. The number of anilines is 1. The van der Waals surface area contributed by atoms with E-state index in [1.807, 2.05) is 19.6 Å². The Morgan fingerprint density at radius 2 is 1.65 bits per heavy atom. The summed E-state index contributed by atoms with van der Waals surface area (Å²) in [5.74, 6) is 0. The molecule has 2 nitrogen and oxygen atoms in total. The van der Waals surface area contributed by atoms with Gasteiger partial charge in [-0.05, 0) is 0 Å². The molecule has 0 spiro atoms. The van der Waals surface area contributed by atoms with Crippen molar-refractivity contribution in [2.24, 2.45) is 0 Å². The van der Waals surface area contributed by atoms with Crippen LogP contribution in [0.2, 0.25) is 19.6 Å². The normalized spacial score (nSPS) is 12.1. The fourth-order valence-electron chi connectivity index (χ4n) is 1.16. The predicted octanol–water partition coefficient (Wildman–Crippen LogP) is 3.78. The molecule has 0 unspecified atom stereocenters. The molecule has 0 amide bonds. The molecule has 0 fully saturated rings. The van der Waals surface area contributed by atoms with Crippen LogP contribution in [0.15, 0.2) is 30.3 Å². The van der Waals surface area contributed by atoms with Crippen LogP contribution in [0.3, 0.4) is 0 Å². The van der Waals surface area contributed by atoms with E-state index in [1.165, 1.54) is 12.1 Å². The number of alkyl halides is 3. The summed E-state index contributed by atoms with van der Waals surface area (Å²) in [4.78, 5) is 0. The molecule has 0 N–H and O–H groups in total. The van der Waals surface area contributed by atoms with E-state index < -0.39 is 32.3 Å². The first kappa shape index (κ1) is 14.7. The minimum absolute atomic E-state index is 0.179. The van der Waals surface area contributed by atoms with E-state index in [0.29, 0.717) is 3.64 Å². The Hall–Kier alpha value is -0.390. The monoisotopic (exact) mass is 313 g/mol. The number of hydrogen-bond donors (Lipinski definition) is 0. The second-order valence-corrected chi connectivity index (χ2v) is 12.8. The van der Waals surface area contributed by atoms with Gasteiger partial charge >= 0.3 is 108 Å². The van der Waals surface area contributed by atoms with Crippen LogP contribution in [0, 0.1) is 0 Å². The van der Waals surface area contributed by atoms with Crippen molar-refractivity contribution < 1.29 is 34.1 Å². The Bertz CT molecular complexity index is 353. The zero-order valence-corrected chi connectivity index (χ0v) is 14.1. The van der Waals surface area contributed by atoms with E-state index in [4.69, 9.17) is 3.25 Å². The second-order valence-electron chi connectivity index (χ2n) is 4.62. The van der Waals surface area contributed by atoms with Crippen molar-refractivity contribution in [1.29, 1.82) is 0 Å². The van der Waals surface area contributed by atoms with Crippen molar-refractivity contribution >= 4 is 14.0 Å². The summed E-state index contributed by atoms with van der Waals surface area (Å²) in [7, 11) is -1.89. The molecule has 0 saturated carbocycles. The van der Waals surface area contributed by atoms with Crippen LogP contribution in [0.1, 0.15) is 0 Å². The van der Waals surface area contributed by atoms with Crippen molar-refractivity contribution in [3.05, 3.63) is 30.3 Å². The van der Waals surface area contributed by atoms with Crippen molar-refractivity contribution in [2.45, 2.75) is 25.9 Å². The van der Waals surface area contributed by atoms with Crippen LogP contribution >= 0.6 is 0 Å². The number of benzene rings is 1. The van der Waals surface area contributed by atoms with E-state index in [2.05, 4.69) is 0 Å². The van der Waals surface area contributed by atoms with Crippen LogP contribution < -0.4 is 3.64 Å². The number of halogens is 3. The molecule has 0 heterocycles. The minimum atomic E-state index is -4.35. The third kappa shape index (κ3) is 5.19. The Morgan fingerprint density at radius 1 is 1.12 bits per heavy atom. The van der Waals surface area contributed by atoms with Gasteiger partial charge in [0.15, 0.2) is 0 Å². The van der Waals surface area contributed by atoms with E-state index in [9.17, 15) is 13.2 Å². The number of hydrogen-bond acceptors (Lipinski definition) is 2. The molecule has 0 aliphatic carbocycles. The Kier molecular flexibility index (Phi) is 4.75. The van der Waals surface area contributed by atoms with Crippen molar-refractivity contribution in [1.82, 2.24) is 0 Å². The van der Waals surface area contributed by atoms with E-state index in [1.54, 1.807) is 18.2 Å². The summed E-state index contributed by atoms with van der Waals surface area (Å²) >= 11 is -2.29. The molecule has 7 heteroatoms. The number of nitrogens with zero attached hydrogens (tertiary/aromatic N) is 1. The molecule has 0 bridgehead atoms. The average Bonchev–Trinajstić information content (AvgIpc) is 2.15. The van der Waals surface area contributed by atoms with Crippen LogP contribution in [0.5, 0.6) is 0 Å². The van der Waals surface area contributed by atoms with Gasteiger partial charge in [0.1, 0.15) is 0 Å². The van der Waals surface area contributed by atoms with Gasteiger partial charge in [0.2, 0.25) is 0 Å². The zero-order chi connectivity index (χ0) is 13.1. The third-order valence-electron chi connectivity index (χ3n) is 2.00. The molecule has 0 aliphatic heterocycles. The molecule has 1 aromatic rings. The van der Waals surface area contributed by atoms with Crippen molar-refractivity contribution in [3.8, 4) is 0 Å². The maximum atomic E-state index is 12.9. The molecule has 1 rings (SSSR count). The fraction of sp³-hybridized carbons (Fsp3) is 0.400. The quantitative estimate of drug-likeness (QED) is 0.619. The van der Waals surface area contributed by atoms with E-state index >= 15 is 0 Å². The predicted molar refractivity (Wildman–Crippen MR) is 59.4 cm³/mol. The summed E-state index contributed by atoms with van der Waals surface area (Å²) < 4.78 is 44.7. The van der Waals surface area contributed by atoms with Gasteiger partial charge in [-0.3, -0.25) is 0 Å². The number of para-hydroxylation sites is 1. The van der Waals surface area contributed by atoms with Crippen LogP contribution in [0.25, 0.3) is 0 Å². The van der Waals surface area contributed by atoms with Crippen LogP contribution in [-0.2, 0) is 21.0 Å². The average molecular weight is 315 g/mol. The summed E-state index contributed by atoms with van der Waals surface area (Å²) in [5, 5.41) is 0. The first-order chi connectivity index (χ1) is 7.70. The summed E-state index contributed by atoms with van der Waals surface area (Å²) in [6.07, 6.45) is -4.35. The molecule has 0 aromatic heterocycles. The number of rotatable bonds is 4. The summed E-state index contributed by atoms with van der Waals surface area (Å²) in [6.45, 7) is 5.70. The summed E-state index contributed by atoms with van der Waals surface area (Å²) in [6, 6.07) is 7.83. The molecule has 92 valence electrons. The maximum absolute atomic E-state index is 12.9. The molecular formula is C10H14F3NOSiZn. The molecule has 17 heavy (non-hydrogen) atoms. The van der Waals surface area contributed by atoms with Crippen molar-refractivity contribution in [3.63, 3.8) is 0 Å². The molecule has 0 aliphatic rings. The Morgan fingerprint density at radius 3 is 2.06 bits per heavy atom. The standard InChI is InChI=1S/C7H5F3N.C3H9OSi.Zn/c8-7(9,10)11-6-4-2-1-3-5-6;1-5(2,3)4;/h1-5H;1-3H3;/q2*-1;+2. The van der Waals surface area contributed by atoms with Gasteiger partial charge in [0, 0.05) is 0 Å². The van der Waals surface area contributed by atoms with E-state index in [0.717, 1.165) is 0 Å². The van der Waals surface area contributed by atoms with E-state index in [-0.39, 0.29) is 5.69 Å². The van der Waals surface area contributed by atoms with Gasteiger partial charge in [-0.15, -0.1) is 0 Å². The van der Waals surface area contributed by atoms with Gasteiger partial charge in [-0.2, -0.15) is 0 Å². The molecule has 0 atom stereocenters. The fourth-order valence-corrected chi connectivity index (χ4v) is 5.99. The third-order valence-corrected chi connectivity index (χ3v) is 11.3. The van der Waals surface area contributed by atoms with Crippen LogP contribution in [0.4, 0.5) is 18.9 Å². The second kappa shape index (κ2) is 5.50. The molecular weight excluding hydrogens is 301 g/mol. The summed E-state index contributed by atoms with van der Waals surface area (Å²) in [5.41, 5.74) is 0.179. The van der Waals surface area contributed by atoms with Gasteiger partial charge < -0.3 is 0 Å². The van der Waals surface area contributed by atoms with Gasteiger partial charge in [-0.25, -0.2) is 0 Å². The zero-order valence-electron chi connectivity index (χ0n) is 10.1.